The van der Waals surface area contributed by atoms with E-state index in [4.69, 9.17) is 12.2 Å². The number of aromatic nitrogens is 5. The van der Waals surface area contributed by atoms with Crippen molar-refractivity contribution in [2.75, 3.05) is 6.54 Å². The molecule has 0 aliphatic heterocycles. The van der Waals surface area contributed by atoms with Crippen LogP contribution >= 0.6 is 12.2 Å². The van der Waals surface area contributed by atoms with E-state index in [0.29, 0.717) is 17.1 Å². The third-order valence-electron chi connectivity index (χ3n) is 5.34. The predicted octanol–water partition coefficient (Wildman–Crippen LogP) is 4.16. The Morgan fingerprint density at radius 2 is 1.84 bits per heavy atom. The number of nitrogens with one attached hydrogen (secondary N) is 2. The molecule has 4 rings (SSSR count). The summed E-state index contributed by atoms with van der Waals surface area (Å²) in [6, 6.07) is 18.0. The second kappa shape index (κ2) is 9.74. The van der Waals surface area contributed by atoms with Gasteiger partial charge in [-0.15, -0.1) is 0 Å². The molecule has 0 saturated heterocycles. The lowest BCUT2D eigenvalue weighted by molar-refractivity contribution is -0.121. The molecule has 7 nitrogen and oxygen atoms in total. The van der Waals surface area contributed by atoms with Crippen LogP contribution in [-0.4, -0.2) is 37.0 Å². The van der Waals surface area contributed by atoms with Gasteiger partial charge in [-0.3, -0.25) is 14.5 Å². The van der Waals surface area contributed by atoms with Crippen molar-refractivity contribution >= 4 is 18.1 Å². The molecule has 0 aliphatic rings. The molecule has 0 aliphatic carbocycles. The van der Waals surface area contributed by atoms with E-state index >= 15 is 0 Å². The summed E-state index contributed by atoms with van der Waals surface area (Å²) in [5.74, 6) is 0.571. The largest absolute Gasteiger partial charge is 0.355 e. The molecule has 1 amide bonds. The smallest absolute Gasteiger partial charge is 0.240 e. The summed E-state index contributed by atoms with van der Waals surface area (Å²) >= 11 is 5.33. The monoisotopic (exact) mass is 446 g/mol. The Labute approximate surface area is 192 Å². The van der Waals surface area contributed by atoms with Crippen LogP contribution in [0.25, 0.3) is 17.1 Å². The zero-order chi connectivity index (χ0) is 22.5. The van der Waals surface area contributed by atoms with E-state index in [2.05, 4.69) is 26.8 Å². The number of hydrogen-bond acceptors (Lipinski definition) is 4. The third kappa shape index (κ3) is 5.03. The molecule has 2 aromatic carbocycles. The lowest BCUT2D eigenvalue weighted by atomic mass is 10.1. The number of para-hydroxylation sites is 1. The molecule has 164 valence electrons. The first-order valence-corrected chi connectivity index (χ1v) is 11.0. The van der Waals surface area contributed by atoms with Gasteiger partial charge in [0.05, 0.1) is 11.4 Å². The minimum atomic E-state index is -0.0902. The quantitative estimate of drug-likeness (QED) is 0.315. The lowest BCUT2D eigenvalue weighted by Gasteiger charge is -2.08. The van der Waals surface area contributed by atoms with E-state index < -0.39 is 0 Å². The second-order valence-corrected chi connectivity index (χ2v) is 8.16. The number of amides is 1. The van der Waals surface area contributed by atoms with Crippen molar-refractivity contribution in [3.63, 3.8) is 0 Å². The molecule has 0 fully saturated rings. The van der Waals surface area contributed by atoms with Gasteiger partial charge in [-0.1, -0.05) is 48.0 Å². The van der Waals surface area contributed by atoms with Gasteiger partial charge in [0.15, 0.2) is 10.6 Å². The number of carbonyl (C=O) groups is 1. The highest BCUT2D eigenvalue weighted by molar-refractivity contribution is 7.71. The molecule has 0 atom stereocenters. The standard InChI is InChI=1S/C24H26N6OS/c1-17-10-12-19(13-11-17)23-26-27-24(32)29(23)16-22(31)25-14-6-7-20-15-30(28-18(20)2)21-8-4-3-5-9-21/h3-5,8-13,15H,6-7,14,16H2,1-2H3,(H,25,31)(H,27,32). The van der Waals surface area contributed by atoms with Gasteiger partial charge in [0.25, 0.3) is 0 Å². The number of nitrogens with zero attached hydrogens (tertiary/aromatic N) is 4. The van der Waals surface area contributed by atoms with Gasteiger partial charge in [-0.2, -0.15) is 10.2 Å². The molecule has 2 heterocycles. The van der Waals surface area contributed by atoms with Crippen LogP contribution in [0.3, 0.4) is 0 Å². The van der Waals surface area contributed by atoms with Gasteiger partial charge in [0.1, 0.15) is 6.54 Å². The molecule has 2 N–H and O–H groups in total. The second-order valence-electron chi connectivity index (χ2n) is 7.78. The summed E-state index contributed by atoms with van der Waals surface area (Å²) in [5.41, 5.74) is 5.31. The van der Waals surface area contributed by atoms with Crippen LogP contribution in [0, 0.1) is 18.6 Å². The van der Waals surface area contributed by atoms with Crippen LogP contribution in [0.15, 0.2) is 60.8 Å². The van der Waals surface area contributed by atoms with Crippen molar-refractivity contribution in [3.8, 4) is 17.1 Å². The summed E-state index contributed by atoms with van der Waals surface area (Å²) in [6.07, 6.45) is 3.73. The van der Waals surface area contributed by atoms with Crippen LogP contribution in [0.5, 0.6) is 0 Å². The van der Waals surface area contributed by atoms with E-state index in [1.54, 1.807) is 4.57 Å². The van der Waals surface area contributed by atoms with Gasteiger partial charge < -0.3 is 5.32 Å². The maximum absolute atomic E-state index is 12.5. The molecular formula is C24H26N6OS. The van der Waals surface area contributed by atoms with Crippen molar-refractivity contribution in [2.24, 2.45) is 0 Å². The van der Waals surface area contributed by atoms with Crippen molar-refractivity contribution in [3.05, 3.63) is 82.4 Å². The van der Waals surface area contributed by atoms with Crippen LogP contribution in [0.2, 0.25) is 0 Å². The fourth-order valence-electron chi connectivity index (χ4n) is 3.55. The Hall–Kier alpha value is -3.52. The number of benzene rings is 2. The highest BCUT2D eigenvalue weighted by Crippen LogP contribution is 2.18. The highest BCUT2D eigenvalue weighted by atomic mass is 32.1. The number of hydrogen-bond donors (Lipinski definition) is 2. The molecule has 0 unspecified atom stereocenters. The van der Waals surface area contributed by atoms with Gasteiger partial charge >= 0.3 is 0 Å². The fraction of sp³-hybridized carbons (Fsp3) is 0.250. The SMILES string of the molecule is Cc1ccc(-c2n[nH]c(=S)n2CC(=O)NCCCc2cn(-c3ccccc3)nc2C)cc1. The number of H-pyrrole nitrogens is 1. The van der Waals surface area contributed by atoms with Gasteiger partial charge in [0, 0.05) is 18.3 Å². The molecular weight excluding hydrogens is 420 g/mol. The maximum Gasteiger partial charge on any atom is 0.240 e. The molecule has 0 bridgehead atoms. The van der Waals surface area contributed by atoms with Gasteiger partial charge in [0.2, 0.25) is 5.91 Å². The average molecular weight is 447 g/mol. The van der Waals surface area contributed by atoms with Gasteiger partial charge in [-0.05, 0) is 56.6 Å². The Kier molecular flexibility index (Phi) is 6.61. The average Bonchev–Trinajstić information content (AvgIpc) is 3.35. The molecule has 0 saturated carbocycles. The van der Waals surface area contributed by atoms with E-state index in [-0.39, 0.29) is 12.5 Å². The summed E-state index contributed by atoms with van der Waals surface area (Å²) in [4.78, 5) is 12.5. The van der Waals surface area contributed by atoms with Crippen LogP contribution in [-0.2, 0) is 17.8 Å². The van der Waals surface area contributed by atoms with Crippen molar-refractivity contribution < 1.29 is 4.79 Å². The van der Waals surface area contributed by atoms with Crippen molar-refractivity contribution in [1.82, 2.24) is 29.9 Å². The topological polar surface area (TPSA) is 80.5 Å². The Morgan fingerprint density at radius 1 is 1.09 bits per heavy atom. The molecule has 0 spiro atoms. The van der Waals surface area contributed by atoms with Crippen molar-refractivity contribution in [1.29, 1.82) is 0 Å². The molecule has 32 heavy (non-hydrogen) atoms. The number of carbonyl (C=O) groups excluding carboxylic acids is 1. The zero-order valence-corrected chi connectivity index (χ0v) is 19.0. The number of aromatic amines is 1. The van der Waals surface area contributed by atoms with Crippen LogP contribution in [0.1, 0.15) is 23.2 Å². The first-order valence-electron chi connectivity index (χ1n) is 10.6. The Bertz CT molecular complexity index is 1250. The molecule has 8 heteroatoms. The van der Waals surface area contributed by atoms with Crippen molar-refractivity contribution in [2.45, 2.75) is 33.2 Å². The zero-order valence-electron chi connectivity index (χ0n) is 18.2. The van der Waals surface area contributed by atoms with E-state index in [1.807, 2.05) is 73.1 Å². The minimum absolute atomic E-state index is 0.0902. The molecule has 4 aromatic rings. The Morgan fingerprint density at radius 3 is 2.59 bits per heavy atom. The molecule has 0 radical (unpaired) electrons. The maximum atomic E-state index is 12.5. The van der Waals surface area contributed by atoms with E-state index in [0.717, 1.165) is 35.3 Å². The molecule has 2 aromatic heterocycles. The van der Waals surface area contributed by atoms with E-state index in [9.17, 15) is 4.79 Å². The summed E-state index contributed by atoms with van der Waals surface area (Å²) in [5, 5.41) is 14.7. The van der Waals surface area contributed by atoms with E-state index in [1.165, 1.54) is 5.56 Å². The number of aryl methyl sites for hydroxylation is 3. The van der Waals surface area contributed by atoms with Gasteiger partial charge in [-0.25, -0.2) is 4.68 Å². The first kappa shape index (κ1) is 21.7. The Balaban J connectivity index is 1.31. The normalized spacial score (nSPS) is 10.9. The van der Waals surface area contributed by atoms with Crippen LogP contribution < -0.4 is 5.32 Å². The predicted molar refractivity (Wildman–Crippen MR) is 127 cm³/mol. The number of rotatable bonds is 8. The lowest BCUT2D eigenvalue weighted by Crippen LogP contribution is -2.29. The summed E-state index contributed by atoms with van der Waals surface area (Å²) in [6.45, 7) is 4.76. The van der Waals surface area contributed by atoms with Crippen LogP contribution in [0.4, 0.5) is 0 Å². The fourth-order valence-corrected chi connectivity index (χ4v) is 3.74. The first-order chi connectivity index (χ1) is 15.5. The summed E-state index contributed by atoms with van der Waals surface area (Å²) < 4.78 is 4.06. The third-order valence-corrected chi connectivity index (χ3v) is 5.65. The highest BCUT2D eigenvalue weighted by Gasteiger charge is 2.12. The summed E-state index contributed by atoms with van der Waals surface area (Å²) in [7, 11) is 0. The minimum Gasteiger partial charge on any atom is -0.355 e.